The molecular weight excluding hydrogens is 272 g/mol. The molecule has 0 amide bonds. The minimum absolute atomic E-state index is 0.521. The molecule has 2 aromatic heterocycles. The first kappa shape index (κ1) is 11.3. The van der Waals surface area contributed by atoms with E-state index in [2.05, 4.69) is 36.2 Å². The molecule has 0 unspecified atom stereocenters. The fraction of sp³-hybridized carbons (Fsp3) is 0.400. The van der Waals surface area contributed by atoms with Gasteiger partial charge in [0, 0.05) is 29.9 Å². The Hall–Kier alpha value is -1.14. The van der Waals surface area contributed by atoms with Crippen LogP contribution in [0, 0.1) is 0 Å². The fourth-order valence-electron chi connectivity index (χ4n) is 1.52. The second-order valence-electron chi connectivity index (χ2n) is 3.33. The summed E-state index contributed by atoms with van der Waals surface area (Å²) < 4.78 is 6.08. The topological polar surface area (TPSA) is 62.8 Å². The first-order valence-electron chi connectivity index (χ1n) is 5.02. The molecule has 0 aliphatic rings. The number of hydrogen-bond acceptors (Lipinski definition) is 4. The molecule has 0 spiro atoms. The summed E-state index contributed by atoms with van der Waals surface area (Å²) >= 11 is 3.46. The zero-order valence-electron chi connectivity index (χ0n) is 9.17. The van der Waals surface area contributed by atoms with Gasteiger partial charge in [0.25, 0.3) is 0 Å². The zero-order chi connectivity index (χ0) is 11.5. The molecule has 0 fully saturated rings. The summed E-state index contributed by atoms with van der Waals surface area (Å²) in [5.74, 6) is 0.737. The molecule has 86 valence electrons. The summed E-state index contributed by atoms with van der Waals surface area (Å²) in [4.78, 5) is 11.8. The van der Waals surface area contributed by atoms with Gasteiger partial charge in [0.2, 0.25) is 5.95 Å². The van der Waals surface area contributed by atoms with Crippen LogP contribution in [-0.2, 0) is 11.3 Å². The zero-order valence-corrected chi connectivity index (χ0v) is 10.8. The predicted molar refractivity (Wildman–Crippen MR) is 66.5 cm³/mol. The van der Waals surface area contributed by atoms with Crippen molar-refractivity contribution in [2.24, 2.45) is 0 Å². The number of aromatic nitrogens is 3. The summed E-state index contributed by atoms with van der Waals surface area (Å²) in [6.45, 7) is 3.36. The van der Waals surface area contributed by atoms with Crippen molar-refractivity contribution in [2.45, 2.75) is 13.5 Å². The number of imidazole rings is 1. The summed E-state index contributed by atoms with van der Waals surface area (Å²) in [7, 11) is 1.67. The highest BCUT2D eigenvalue weighted by Gasteiger charge is 2.11. The highest BCUT2D eigenvalue weighted by Crippen LogP contribution is 2.24. The van der Waals surface area contributed by atoms with Crippen LogP contribution >= 0.6 is 15.9 Å². The molecule has 0 atom stereocenters. The average Bonchev–Trinajstić information content (AvgIpc) is 2.66. The van der Waals surface area contributed by atoms with Crippen LogP contribution < -0.4 is 5.32 Å². The van der Waals surface area contributed by atoms with Crippen molar-refractivity contribution in [3.05, 3.63) is 16.2 Å². The van der Waals surface area contributed by atoms with Crippen LogP contribution in [0.2, 0.25) is 0 Å². The van der Waals surface area contributed by atoms with Gasteiger partial charge in [-0.25, -0.2) is 4.98 Å². The van der Waals surface area contributed by atoms with Crippen LogP contribution in [-0.4, -0.2) is 28.6 Å². The third-order valence-corrected chi connectivity index (χ3v) is 2.89. The number of rotatable bonds is 4. The van der Waals surface area contributed by atoms with Crippen molar-refractivity contribution in [1.29, 1.82) is 0 Å². The van der Waals surface area contributed by atoms with E-state index in [9.17, 15) is 0 Å². The van der Waals surface area contributed by atoms with Crippen LogP contribution in [0.4, 0.5) is 5.95 Å². The van der Waals surface area contributed by atoms with E-state index >= 15 is 0 Å². The van der Waals surface area contributed by atoms with Crippen molar-refractivity contribution >= 4 is 33.0 Å². The first-order valence-corrected chi connectivity index (χ1v) is 5.81. The molecular formula is C10H13BrN4O. The normalized spacial score (nSPS) is 10.9. The minimum atomic E-state index is 0.521. The number of fused-ring (bicyclic) bond motifs is 1. The summed E-state index contributed by atoms with van der Waals surface area (Å²) in [5, 5.41) is 3.12. The molecule has 2 rings (SSSR count). The van der Waals surface area contributed by atoms with E-state index in [-0.39, 0.29) is 0 Å². The summed E-state index contributed by atoms with van der Waals surface area (Å²) in [6.07, 6.45) is 1.74. The number of nitrogens with one attached hydrogen (secondary N) is 2. The quantitative estimate of drug-likeness (QED) is 0.904. The van der Waals surface area contributed by atoms with E-state index in [0.29, 0.717) is 12.3 Å². The standard InChI is InChI=1S/C10H13BrN4O/c1-3-12-10-14-8-6(5-16-2)7(11)4-13-9(8)15-10/h4H,3,5H2,1-2H3,(H2,12,13,14,15). The van der Waals surface area contributed by atoms with Crippen molar-refractivity contribution in [3.63, 3.8) is 0 Å². The molecule has 0 bridgehead atoms. The van der Waals surface area contributed by atoms with Gasteiger partial charge in [-0.15, -0.1) is 0 Å². The first-order chi connectivity index (χ1) is 7.76. The summed E-state index contributed by atoms with van der Waals surface area (Å²) in [6, 6.07) is 0. The van der Waals surface area contributed by atoms with Gasteiger partial charge in [-0.2, -0.15) is 4.98 Å². The molecule has 2 heterocycles. The van der Waals surface area contributed by atoms with Crippen molar-refractivity contribution in [1.82, 2.24) is 15.0 Å². The molecule has 0 aliphatic carbocycles. The largest absolute Gasteiger partial charge is 0.380 e. The highest BCUT2D eigenvalue weighted by molar-refractivity contribution is 9.10. The van der Waals surface area contributed by atoms with Gasteiger partial charge in [0.1, 0.15) is 0 Å². The molecule has 0 saturated heterocycles. The molecule has 0 aromatic carbocycles. The molecule has 2 aromatic rings. The maximum atomic E-state index is 5.16. The van der Waals surface area contributed by atoms with Crippen LogP contribution in [0.3, 0.4) is 0 Å². The Labute approximate surface area is 102 Å². The fourth-order valence-corrected chi connectivity index (χ4v) is 1.93. The molecule has 5 nitrogen and oxygen atoms in total. The van der Waals surface area contributed by atoms with E-state index in [1.54, 1.807) is 13.3 Å². The number of methoxy groups -OCH3 is 1. The Balaban J connectivity index is 2.53. The molecule has 2 N–H and O–H groups in total. The number of pyridine rings is 1. The number of H-pyrrole nitrogens is 1. The summed E-state index contributed by atoms with van der Waals surface area (Å²) in [5.41, 5.74) is 2.64. The van der Waals surface area contributed by atoms with Crippen LogP contribution in [0.25, 0.3) is 11.2 Å². The van der Waals surface area contributed by atoms with Gasteiger partial charge in [-0.3, -0.25) is 0 Å². The highest BCUT2D eigenvalue weighted by atomic mass is 79.9. The monoisotopic (exact) mass is 284 g/mol. The SMILES string of the molecule is CCNc1nc2ncc(Br)c(COC)c2[nH]1. The van der Waals surface area contributed by atoms with Gasteiger partial charge in [0.05, 0.1) is 12.1 Å². The maximum absolute atomic E-state index is 5.16. The van der Waals surface area contributed by atoms with E-state index in [0.717, 1.165) is 28.0 Å². The van der Waals surface area contributed by atoms with E-state index in [1.807, 2.05) is 6.92 Å². The molecule has 6 heteroatoms. The number of halogens is 1. The Morgan fingerprint density at radius 1 is 1.56 bits per heavy atom. The van der Waals surface area contributed by atoms with Crippen molar-refractivity contribution in [3.8, 4) is 0 Å². The lowest BCUT2D eigenvalue weighted by molar-refractivity contribution is 0.185. The van der Waals surface area contributed by atoms with Crippen molar-refractivity contribution < 1.29 is 4.74 Å². The van der Waals surface area contributed by atoms with Gasteiger partial charge in [0.15, 0.2) is 5.65 Å². The number of ether oxygens (including phenoxy) is 1. The van der Waals surface area contributed by atoms with Crippen LogP contribution in [0.15, 0.2) is 10.7 Å². The maximum Gasteiger partial charge on any atom is 0.202 e. The van der Waals surface area contributed by atoms with Crippen molar-refractivity contribution in [2.75, 3.05) is 19.0 Å². The molecule has 0 aliphatic heterocycles. The van der Waals surface area contributed by atoms with Crippen LogP contribution in [0.1, 0.15) is 12.5 Å². The Morgan fingerprint density at radius 2 is 2.38 bits per heavy atom. The lowest BCUT2D eigenvalue weighted by Crippen LogP contribution is -1.97. The molecule has 0 saturated carbocycles. The Kier molecular flexibility index (Phi) is 3.40. The predicted octanol–water partition coefficient (Wildman–Crippen LogP) is 2.30. The van der Waals surface area contributed by atoms with E-state index in [4.69, 9.17) is 4.74 Å². The molecule has 16 heavy (non-hydrogen) atoms. The number of anilines is 1. The number of nitrogens with zero attached hydrogens (tertiary/aromatic N) is 2. The third-order valence-electron chi connectivity index (χ3n) is 2.21. The lowest BCUT2D eigenvalue weighted by atomic mass is 10.2. The number of aromatic amines is 1. The Morgan fingerprint density at radius 3 is 3.06 bits per heavy atom. The van der Waals surface area contributed by atoms with Crippen LogP contribution in [0.5, 0.6) is 0 Å². The second kappa shape index (κ2) is 4.80. The van der Waals surface area contributed by atoms with Gasteiger partial charge in [-0.05, 0) is 22.9 Å². The van der Waals surface area contributed by atoms with Gasteiger partial charge in [-0.1, -0.05) is 0 Å². The minimum Gasteiger partial charge on any atom is -0.380 e. The van der Waals surface area contributed by atoms with E-state index < -0.39 is 0 Å². The second-order valence-corrected chi connectivity index (χ2v) is 4.19. The Bertz CT molecular complexity index is 497. The van der Waals surface area contributed by atoms with E-state index in [1.165, 1.54) is 0 Å². The average molecular weight is 285 g/mol. The smallest absolute Gasteiger partial charge is 0.202 e. The van der Waals surface area contributed by atoms with Gasteiger partial charge >= 0.3 is 0 Å². The van der Waals surface area contributed by atoms with Gasteiger partial charge < -0.3 is 15.0 Å². The number of hydrogen-bond donors (Lipinski definition) is 2. The lowest BCUT2D eigenvalue weighted by Gasteiger charge is -2.03. The molecule has 0 radical (unpaired) electrons. The third kappa shape index (κ3) is 2.03.